The van der Waals surface area contributed by atoms with Gasteiger partial charge in [0.05, 0.1) is 16.9 Å². The van der Waals surface area contributed by atoms with Gasteiger partial charge in [-0.25, -0.2) is 5.01 Å². The summed E-state index contributed by atoms with van der Waals surface area (Å²) < 4.78 is 0. The van der Waals surface area contributed by atoms with Crippen LogP contribution in [-0.2, 0) is 4.79 Å². The molecule has 0 unspecified atom stereocenters. The fourth-order valence-electron chi connectivity index (χ4n) is 2.87. The third-order valence-corrected chi connectivity index (χ3v) is 4.82. The highest BCUT2D eigenvalue weighted by molar-refractivity contribution is 6.35. The number of hydrogen-bond donors (Lipinski definition) is 0. The minimum absolute atomic E-state index is 0.210. The Bertz CT molecular complexity index is 1050. The molecule has 0 saturated heterocycles. The van der Waals surface area contributed by atoms with Crippen LogP contribution in [0.5, 0.6) is 0 Å². The number of halogens is 2. The van der Waals surface area contributed by atoms with Gasteiger partial charge in [0.1, 0.15) is 0 Å². The fraction of sp³-hybridized carbons (Fsp3) is 0.0870. The molecule has 3 rings (SSSR count). The molecular formula is C23H18Cl2N2O2. The molecule has 0 N–H and O–H groups in total. The summed E-state index contributed by atoms with van der Waals surface area (Å²) in [5, 5.41) is 6.34. The average Bonchev–Trinajstić information content (AvgIpc) is 2.68. The maximum absolute atomic E-state index is 12.9. The first-order valence-corrected chi connectivity index (χ1v) is 9.62. The van der Waals surface area contributed by atoms with Crippen molar-refractivity contribution in [1.29, 1.82) is 0 Å². The zero-order chi connectivity index (χ0) is 21.0. The lowest BCUT2D eigenvalue weighted by atomic mass is 9.98. The van der Waals surface area contributed by atoms with Crippen LogP contribution in [0.15, 0.2) is 71.8 Å². The first kappa shape index (κ1) is 20.8. The van der Waals surface area contributed by atoms with Crippen LogP contribution in [-0.4, -0.2) is 17.9 Å². The maximum Gasteiger partial charge on any atom is 0.244 e. The Morgan fingerprint density at radius 3 is 2.21 bits per heavy atom. The molecule has 0 aliphatic heterocycles. The predicted molar refractivity (Wildman–Crippen MR) is 118 cm³/mol. The molecular weight excluding hydrogens is 407 g/mol. The first-order chi connectivity index (χ1) is 13.9. The van der Waals surface area contributed by atoms with Crippen LogP contribution in [0.2, 0.25) is 10.0 Å². The van der Waals surface area contributed by atoms with Gasteiger partial charge in [-0.05, 0) is 54.4 Å². The fourth-order valence-corrected chi connectivity index (χ4v) is 3.35. The van der Waals surface area contributed by atoms with Crippen LogP contribution in [0.3, 0.4) is 0 Å². The van der Waals surface area contributed by atoms with Crippen LogP contribution < -0.4 is 5.01 Å². The lowest BCUT2D eigenvalue weighted by Gasteiger charge is -2.18. The van der Waals surface area contributed by atoms with Gasteiger partial charge >= 0.3 is 0 Å². The predicted octanol–water partition coefficient (Wildman–Crippen LogP) is 5.92. The van der Waals surface area contributed by atoms with Crippen molar-refractivity contribution in [1.82, 2.24) is 0 Å². The number of hydrazone groups is 1. The molecule has 0 bridgehead atoms. The van der Waals surface area contributed by atoms with Crippen molar-refractivity contribution in [2.45, 2.75) is 13.8 Å². The van der Waals surface area contributed by atoms with E-state index in [0.717, 1.165) is 5.56 Å². The van der Waals surface area contributed by atoms with Crippen molar-refractivity contribution in [3.05, 3.63) is 99.0 Å². The average molecular weight is 425 g/mol. The molecule has 3 aromatic carbocycles. The summed E-state index contributed by atoms with van der Waals surface area (Å²) in [6.07, 6.45) is 1.59. The highest BCUT2D eigenvalue weighted by Crippen LogP contribution is 2.30. The van der Waals surface area contributed by atoms with Crippen molar-refractivity contribution in [3.63, 3.8) is 0 Å². The smallest absolute Gasteiger partial charge is 0.244 e. The van der Waals surface area contributed by atoms with E-state index in [2.05, 4.69) is 5.10 Å². The normalized spacial score (nSPS) is 10.9. The van der Waals surface area contributed by atoms with E-state index in [4.69, 9.17) is 23.2 Å². The van der Waals surface area contributed by atoms with Crippen molar-refractivity contribution in [2.75, 3.05) is 5.01 Å². The standard InChI is InChI=1S/C23H18Cl2N2O2/c1-15-12-20(27(16(2)28)26-14-17-6-4-3-5-7-17)13-21(25)22(15)23(29)18-8-10-19(24)11-9-18/h3-14H,1-2H3/b26-14+. The van der Waals surface area contributed by atoms with Crippen molar-refractivity contribution >= 4 is 46.8 Å². The van der Waals surface area contributed by atoms with Crippen LogP contribution >= 0.6 is 23.2 Å². The van der Waals surface area contributed by atoms with Crippen molar-refractivity contribution in [2.24, 2.45) is 5.10 Å². The van der Waals surface area contributed by atoms with E-state index in [1.54, 1.807) is 49.5 Å². The summed E-state index contributed by atoms with van der Waals surface area (Å²) in [4.78, 5) is 25.0. The summed E-state index contributed by atoms with van der Waals surface area (Å²) in [5.74, 6) is -0.484. The Morgan fingerprint density at radius 2 is 1.62 bits per heavy atom. The lowest BCUT2D eigenvalue weighted by molar-refractivity contribution is -0.116. The van der Waals surface area contributed by atoms with E-state index in [1.165, 1.54) is 11.9 Å². The molecule has 1 amide bonds. The van der Waals surface area contributed by atoms with Gasteiger partial charge in [0.25, 0.3) is 0 Å². The molecule has 6 heteroatoms. The lowest BCUT2D eigenvalue weighted by Crippen LogP contribution is -2.23. The molecule has 0 aromatic heterocycles. The molecule has 0 saturated carbocycles. The molecule has 29 heavy (non-hydrogen) atoms. The zero-order valence-electron chi connectivity index (χ0n) is 15.9. The van der Waals surface area contributed by atoms with E-state index in [-0.39, 0.29) is 16.7 Å². The van der Waals surface area contributed by atoms with Crippen LogP contribution in [0.1, 0.15) is 34.0 Å². The molecule has 0 aliphatic rings. The molecule has 0 aliphatic carbocycles. The van der Waals surface area contributed by atoms with Gasteiger partial charge in [-0.3, -0.25) is 9.59 Å². The number of hydrogen-bond acceptors (Lipinski definition) is 3. The quantitative estimate of drug-likeness (QED) is 0.290. The van der Waals surface area contributed by atoms with E-state index in [0.29, 0.717) is 27.4 Å². The van der Waals surface area contributed by atoms with E-state index < -0.39 is 0 Å². The highest BCUT2D eigenvalue weighted by atomic mass is 35.5. The Balaban J connectivity index is 1.96. The van der Waals surface area contributed by atoms with Gasteiger partial charge in [0.15, 0.2) is 5.78 Å². The SMILES string of the molecule is CC(=O)N(/N=C/c1ccccc1)c1cc(C)c(C(=O)c2ccc(Cl)cc2)c(Cl)c1. The van der Waals surface area contributed by atoms with Gasteiger partial charge in [0.2, 0.25) is 5.91 Å². The molecule has 4 nitrogen and oxygen atoms in total. The van der Waals surface area contributed by atoms with E-state index in [9.17, 15) is 9.59 Å². The Kier molecular flexibility index (Phi) is 6.47. The number of ketones is 1. The Hall–Kier alpha value is -2.95. The maximum atomic E-state index is 12.9. The molecule has 0 spiro atoms. The minimum Gasteiger partial charge on any atom is -0.289 e. The van der Waals surface area contributed by atoms with E-state index in [1.807, 2.05) is 30.3 Å². The molecule has 3 aromatic rings. The van der Waals surface area contributed by atoms with Crippen LogP contribution in [0, 0.1) is 6.92 Å². The third-order valence-electron chi connectivity index (χ3n) is 4.27. The van der Waals surface area contributed by atoms with Crippen LogP contribution in [0.25, 0.3) is 0 Å². The molecule has 0 heterocycles. The van der Waals surface area contributed by atoms with Gasteiger partial charge in [-0.1, -0.05) is 53.5 Å². The second kappa shape index (κ2) is 9.03. The number of anilines is 1. The van der Waals surface area contributed by atoms with Gasteiger partial charge in [-0.15, -0.1) is 0 Å². The number of aryl methyl sites for hydroxylation is 1. The third kappa shape index (κ3) is 4.91. The molecule has 0 radical (unpaired) electrons. The highest BCUT2D eigenvalue weighted by Gasteiger charge is 2.19. The van der Waals surface area contributed by atoms with Crippen LogP contribution in [0.4, 0.5) is 5.69 Å². The number of carbonyl (C=O) groups excluding carboxylic acids is 2. The summed E-state index contributed by atoms with van der Waals surface area (Å²) in [6, 6.07) is 19.3. The van der Waals surface area contributed by atoms with Gasteiger partial charge in [0, 0.05) is 23.1 Å². The largest absolute Gasteiger partial charge is 0.289 e. The topological polar surface area (TPSA) is 49.7 Å². The first-order valence-electron chi connectivity index (χ1n) is 8.87. The molecule has 0 atom stereocenters. The summed E-state index contributed by atoms with van der Waals surface area (Å²) in [7, 11) is 0. The number of rotatable bonds is 5. The van der Waals surface area contributed by atoms with Crippen molar-refractivity contribution in [3.8, 4) is 0 Å². The monoisotopic (exact) mass is 424 g/mol. The number of nitrogens with zero attached hydrogens (tertiary/aromatic N) is 2. The molecule has 0 fully saturated rings. The van der Waals surface area contributed by atoms with Crippen molar-refractivity contribution < 1.29 is 9.59 Å². The number of amides is 1. The van der Waals surface area contributed by atoms with Gasteiger partial charge < -0.3 is 0 Å². The number of benzene rings is 3. The summed E-state index contributed by atoms with van der Waals surface area (Å²) in [6.45, 7) is 3.19. The second-order valence-corrected chi connectivity index (χ2v) is 7.29. The minimum atomic E-state index is -0.274. The number of carbonyl (C=O) groups is 2. The van der Waals surface area contributed by atoms with Gasteiger partial charge in [-0.2, -0.15) is 5.10 Å². The molecule has 146 valence electrons. The zero-order valence-corrected chi connectivity index (χ0v) is 17.4. The second-order valence-electron chi connectivity index (χ2n) is 6.44. The summed E-state index contributed by atoms with van der Waals surface area (Å²) in [5.41, 5.74) is 2.86. The Morgan fingerprint density at radius 1 is 0.966 bits per heavy atom. The van der Waals surface area contributed by atoms with E-state index >= 15 is 0 Å². The summed E-state index contributed by atoms with van der Waals surface area (Å²) >= 11 is 12.3. The Labute approximate surface area is 179 Å².